The molecule has 1 heterocycles. The van der Waals surface area contributed by atoms with E-state index in [1.165, 1.54) is 43.4 Å². The monoisotopic (exact) mass is 493 g/mol. The van der Waals surface area contributed by atoms with E-state index in [2.05, 4.69) is 0 Å². The number of aromatic hydroxyl groups is 1. The Morgan fingerprint density at radius 3 is 2.17 bits per heavy atom. The number of aliphatic hydroxyl groups is 1. The fourth-order valence-electron chi connectivity index (χ4n) is 4.14. The molecule has 0 bridgehead atoms. The summed E-state index contributed by atoms with van der Waals surface area (Å²) < 4.78 is 10.6. The topological polar surface area (TPSA) is 96.3 Å². The lowest BCUT2D eigenvalue weighted by atomic mass is 9.94. The van der Waals surface area contributed by atoms with Crippen LogP contribution in [0.15, 0.2) is 60.2 Å². The maximum absolute atomic E-state index is 13.4. The molecule has 0 aromatic heterocycles. The maximum Gasteiger partial charge on any atom is 0.300 e. The number of aryl methyl sites for hydroxylation is 2. The van der Waals surface area contributed by atoms with Gasteiger partial charge in [-0.05, 0) is 60.9 Å². The van der Waals surface area contributed by atoms with Gasteiger partial charge in [0.2, 0.25) is 0 Å². The lowest BCUT2D eigenvalue weighted by molar-refractivity contribution is -0.132. The van der Waals surface area contributed by atoms with Crippen molar-refractivity contribution < 1.29 is 29.3 Å². The second kappa shape index (κ2) is 9.35. The van der Waals surface area contributed by atoms with E-state index in [1.807, 2.05) is 26.0 Å². The highest BCUT2D eigenvalue weighted by Crippen LogP contribution is 2.45. The Hall–Kier alpha value is -3.97. The van der Waals surface area contributed by atoms with Crippen LogP contribution in [0.3, 0.4) is 0 Å². The van der Waals surface area contributed by atoms with Crippen LogP contribution in [0.4, 0.5) is 5.69 Å². The third kappa shape index (κ3) is 4.19. The minimum Gasteiger partial charge on any atom is -0.508 e. The maximum atomic E-state index is 13.4. The first kappa shape index (κ1) is 24.2. The van der Waals surface area contributed by atoms with Gasteiger partial charge in [-0.1, -0.05) is 29.8 Å². The first-order chi connectivity index (χ1) is 16.7. The molecule has 7 nitrogen and oxygen atoms in total. The molecule has 1 amide bonds. The number of rotatable bonds is 5. The van der Waals surface area contributed by atoms with Crippen molar-refractivity contribution in [3.8, 4) is 17.2 Å². The summed E-state index contributed by atoms with van der Waals surface area (Å²) >= 11 is 6.30. The van der Waals surface area contributed by atoms with Gasteiger partial charge < -0.3 is 19.7 Å². The van der Waals surface area contributed by atoms with E-state index in [1.54, 1.807) is 18.2 Å². The molecule has 1 aliphatic rings. The van der Waals surface area contributed by atoms with E-state index in [0.29, 0.717) is 17.0 Å². The molecule has 2 N–H and O–H groups in total. The molecule has 0 spiro atoms. The number of carbonyl (C=O) groups is 2. The zero-order valence-corrected chi connectivity index (χ0v) is 20.4. The highest BCUT2D eigenvalue weighted by Gasteiger charge is 2.47. The average molecular weight is 494 g/mol. The molecular weight excluding hydrogens is 470 g/mol. The molecule has 1 unspecified atom stereocenters. The number of Topliss-reactive ketones (excluding diaryl/α,β-unsaturated/α-hetero) is 1. The number of ketones is 1. The highest BCUT2D eigenvalue weighted by atomic mass is 35.5. The summed E-state index contributed by atoms with van der Waals surface area (Å²) in [6.45, 7) is 3.86. The number of phenolic OH excluding ortho intramolecular Hbond substituents is 1. The van der Waals surface area contributed by atoms with Crippen LogP contribution in [0.25, 0.3) is 5.76 Å². The molecule has 3 aromatic carbocycles. The molecule has 1 aliphatic heterocycles. The Kier molecular flexibility index (Phi) is 6.45. The molecular formula is C27H24ClNO6. The van der Waals surface area contributed by atoms with E-state index in [0.717, 1.165) is 11.1 Å². The molecule has 180 valence electrons. The van der Waals surface area contributed by atoms with Crippen LogP contribution in [0.2, 0.25) is 5.02 Å². The molecule has 3 aromatic rings. The predicted molar refractivity (Wildman–Crippen MR) is 133 cm³/mol. The first-order valence-corrected chi connectivity index (χ1v) is 11.1. The van der Waals surface area contributed by atoms with E-state index in [9.17, 15) is 19.8 Å². The quantitative estimate of drug-likeness (QED) is 0.284. The largest absolute Gasteiger partial charge is 0.508 e. The zero-order valence-electron chi connectivity index (χ0n) is 19.6. The summed E-state index contributed by atoms with van der Waals surface area (Å²) in [6.07, 6.45) is 0. The summed E-state index contributed by atoms with van der Waals surface area (Å²) in [5, 5.41) is 21.4. The van der Waals surface area contributed by atoms with Gasteiger partial charge in [0.05, 0.1) is 36.4 Å². The number of ether oxygens (including phenoxy) is 2. The van der Waals surface area contributed by atoms with Gasteiger partial charge in [-0.2, -0.15) is 0 Å². The van der Waals surface area contributed by atoms with Crippen LogP contribution in [-0.2, 0) is 9.59 Å². The summed E-state index contributed by atoms with van der Waals surface area (Å²) in [7, 11) is 2.85. The molecule has 0 saturated carbocycles. The SMILES string of the molecule is COc1cc(OC)c(/C(O)=C2\C(=O)C(=O)N(c3ccc(C)c(C)c3)C2c2ccc(O)cc2)cc1Cl. The van der Waals surface area contributed by atoms with Crippen LogP contribution < -0.4 is 14.4 Å². The van der Waals surface area contributed by atoms with Crippen LogP contribution in [0.1, 0.15) is 28.3 Å². The fourth-order valence-corrected chi connectivity index (χ4v) is 4.38. The van der Waals surface area contributed by atoms with Crippen LogP contribution in [0.5, 0.6) is 17.2 Å². The summed E-state index contributed by atoms with van der Waals surface area (Å²) in [6, 6.07) is 13.5. The van der Waals surface area contributed by atoms with E-state index >= 15 is 0 Å². The standard InChI is InChI=1S/C27H24ClNO6/c1-14-5-8-17(11-15(14)2)29-24(16-6-9-18(30)10-7-16)23(26(32)27(29)33)25(31)19-12-20(28)22(35-4)13-21(19)34-3/h5-13,24,30-31H,1-4H3/b25-23+. The minimum atomic E-state index is -0.955. The van der Waals surface area contributed by atoms with Crippen LogP contribution >= 0.6 is 11.6 Å². The number of methoxy groups -OCH3 is 2. The number of aliphatic hydroxyl groups excluding tert-OH is 1. The Morgan fingerprint density at radius 2 is 1.57 bits per heavy atom. The van der Waals surface area contributed by atoms with Gasteiger partial charge in [0.25, 0.3) is 11.7 Å². The molecule has 4 rings (SSSR count). The molecule has 1 fully saturated rings. The third-order valence-corrected chi connectivity index (χ3v) is 6.45. The lowest BCUT2D eigenvalue weighted by Crippen LogP contribution is -2.29. The molecule has 0 radical (unpaired) electrons. The van der Waals surface area contributed by atoms with Crippen molar-refractivity contribution >= 4 is 34.7 Å². The Balaban J connectivity index is 1.99. The van der Waals surface area contributed by atoms with Crippen molar-refractivity contribution in [3.63, 3.8) is 0 Å². The molecule has 8 heteroatoms. The summed E-state index contributed by atoms with van der Waals surface area (Å²) in [5.74, 6) is -1.51. The van der Waals surface area contributed by atoms with Crippen molar-refractivity contribution in [1.82, 2.24) is 0 Å². The Morgan fingerprint density at radius 1 is 0.914 bits per heavy atom. The molecule has 1 atom stereocenters. The van der Waals surface area contributed by atoms with E-state index in [4.69, 9.17) is 21.1 Å². The van der Waals surface area contributed by atoms with Gasteiger partial charge >= 0.3 is 0 Å². The first-order valence-electron chi connectivity index (χ1n) is 10.8. The van der Waals surface area contributed by atoms with Crippen molar-refractivity contribution in [3.05, 3.63) is 87.4 Å². The van der Waals surface area contributed by atoms with Gasteiger partial charge in [-0.25, -0.2) is 0 Å². The van der Waals surface area contributed by atoms with Crippen molar-refractivity contribution in [2.75, 3.05) is 19.1 Å². The van der Waals surface area contributed by atoms with Crippen molar-refractivity contribution in [2.24, 2.45) is 0 Å². The van der Waals surface area contributed by atoms with Gasteiger partial charge in [-0.3, -0.25) is 14.5 Å². The van der Waals surface area contributed by atoms with E-state index < -0.39 is 23.5 Å². The third-order valence-electron chi connectivity index (χ3n) is 6.15. The fraction of sp³-hybridized carbons (Fsp3) is 0.185. The summed E-state index contributed by atoms with van der Waals surface area (Å²) in [4.78, 5) is 28.0. The normalized spacial score (nSPS) is 17.1. The molecule has 0 aliphatic carbocycles. The smallest absolute Gasteiger partial charge is 0.300 e. The summed E-state index contributed by atoms with van der Waals surface area (Å²) in [5.41, 5.74) is 3.02. The van der Waals surface area contributed by atoms with Crippen LogP contribution in [-0.4, -0.2) is 36.1 Å². The number of hydrogen-bond donors (Lipinski definition) is 2. The second-order valence-electron chi connectivity index (χ2n) is 8.22. The number of nitrogens with zero attached hydrogens (tertiary/aromatic N) is 1. The number of benzene rings is 3. The number of halogens is 1. The number of hydrogen-bond acceptors (Lipinski definition) is 6. The highest BCUT2D eigenvalue weighted by molar-refractivity contribution is 6.51. The molecule has 35 heavy (non-hydrogen) atoms. The van der Waals surface area contributed by atoms with Gasteiger partial charge in [-0.15, -0.1) is 0 Å². The van der Waals surface area contributed by atoms with E-state index in [-0.39, 0.29) is 27.7 Å². The van der Waals surface area contributed by atoms with Crippen molar-refractivity contribution in [1.29, 1.82) is 0 Å². The Bertz CT molecular complexity index is 1360. The van der Waals surface area contributed by atoms with Crippen LogP contribution in [0, 0.1) is 13.8 Å². The second-order valence-corrected chi connectivity index (χ2v) is 8.62. The van der Waals surface area contributed by atoms with Gasteiger partial charge in [0, 0.05) is 11.8 Å². The number of anilines is 1. The lowest BCUT2D eigenvalue weighted by Gasteiger charge is -2.26. The van der Waals surface area contributed by atoms with Crippen molar-refractivity contribution in [2.45, 2.75) is 19.9 Å². The van der Waals surface area contributed by atoms with Gasteiger partial charge in [0.15, 0.2) is 0 Å². The number of amides is 1. The minimum absolute atomic E-state index is 0.0282. The predicted octanol–water partition coefficient (Wildman–Crippen LogP) is 5.31. The average Bonchev–Trinajstić information content (AvgIpc) is 3.11. The number of phenols is 1. The number of carbonyl (C=O) groups excluding carboxylic acids is 2. The Labute approximate surface area is 207 Å². The van der Waals surface area contributed by atoms with Gasteiger partial charge in [0.1, 0.15) is 23.0 Å². The zero-order chi connectivity index (χ0) is 25.4. The molecule has 1 saturated heterocycles.